The summed E-state index contributed by atoms with van der Waals surface area (Å²) < 4.78 is 1.01. The third kappa shape index (κ3) is 4.05. The van der Waals surface area contributed by atoms with Crippen LogP contribution in [0.15, 0.2) is 28.7 Å². The molecule has 1 atom stereocenters. The number of rotatable bonds is 5. The van der Waals surface area contributed by atoms with Gasteiger partial charge in [0.25, 0.3) is 0 Å². The minimum absolute atomic E-state index is 0.207. The molecule has 1 aromatic rings. The first-order valence-electron chi connectivity index (χ1n) is 6.85. The summed E-state index contributed by atoms with van der Waals surface area (Å²) in [5.41, 5.74) is 1.05. The molecular weight excluding hydrogens is 306 g/mol. The number of likely N-dealkylation sites (tertiary alicyclic amines) is 1. The minimum atomic E-state index is 0.207. The van der Waals surface area contributed by atoms with Crippen LogP contribution in [0.4, 0.5) is 0 Å². The van der Waals surface area contributed by atoms with Crippen molar-refractivity contribution >= 4 is 21.8 Å². The molecule has 3 nitrogen and oxygen atoms in total. The van der Waals surface area contributed by atoms with E-state index in [1.54, 1.807) is 0 Å². The highest BCUT2D eigenvalue weighted by molar-refractivity contribution is 9.10. The Morgan fingerprint density at radius 2 is 2.32 bits per heavy atom. The van der Waals surface area contributed by atoms with Crippen molar-refractivity contribution < 1.29 is 9.90 Å². The van der Waals surface area contributed by atoms with Crippen molar-refractivity contribution in [2.75, 3.05) is 13.2 Å². The van der Waals surface area contributed by atoms with Gasteiger partial charge in [-0.2, -0.15) is 0 Å². The van der Waals surface area contributed by atoms with Crippen LogP contribution in [0, 0.1) is 0 Å². The van der Waals surface area contributed by atoms with Crippen LogP contribution in [0.3, 0.4) is 0 Å². The monoisotopic (exact) mass is 325 g/mol. The van der Waals surface area contributed by atoms with Crippen LogP contribution < -0.4 is 0 Å². The first-order chi connectivity index (χ1) is 9.20. The van der Waals surface area contributed by atoms with Crippen molar-refractivity contribution in [1.29, 1.82) is 0 Å². The zero-order chi connectivity index (χ0) is 13.7. The van der Waals surface area contributed by atoms with E-state index in [9.17, 15) is 4.79 Å². The minimum Gasteiger partial charge on any atom is -0.396 e. The fourth-order valence-corrected chi connectivity index (χ4v) is 3.16. The van der Waals surface area contributed by atoms with E-state index in [0.717, 1.165) is 42.3 Å². The molecule has 1 heterocycles. The van der Waals surface area contributed by atoms with Gasteiger partial charge < -0.3 is 10.0 Å². The molecule has 1 aliphatic heterocycles. The molecule has 1 unspecified atom stereocenters. The zero-order valence-corrected chi connectivity index (χ0v) is 12.6. The molecule has 4 heteroatoms. The second kappa shape index (κ2) is 7.06. The second-order valence-corrected chi connectivity index (χ2v) is 5.97. The Bertz CT molecular complexity index is 436. The van der Waals surface area contributed by atoms with Gasteiger partial charge in [0.1, 0.15) is 0 Å². The van der Waals surface area contributed by atoms with Gasteiger partial charge in [-0.05, 0) is 43.4 Å². The van der Waals surface area contributed by atoms with Crippen LogP contribution in [-0.4, -0.2) is 35.1 Å². The molecule has 104 valence electrons. The third-order valence-electron chi connectivity index (χ3n) is 3.64. The molecule has 0 bridgehead atoms. The number of aliphatic hydroxyl groups excluding tert-OH is 1. The number of hydrogen-bond donors (Lipinski definition) is 1. The maximum absolute atomic E-state index is 12.3. The van der Waals surface area contributed by atoms with Gasteiger partial charge in [0.15, 0.2) is 0 Å². The molecule has 1 fully saturated rings. The SMILES string of the molecule is O=C(Cc1cccc(Br)c1)N1CCCC1CCCO. The van der Waals surface area contributed by atoms with E-state index in [1.165, 1.54) is 0 Å². The van der Waals surface area contributed by atoms with E-state index >= 15 is 0 Å². The van der Waals surface area contributed by atoms with E-state index in [1.807, 2.05) is 29.2 Å². The lowest BCUT2D eigenvalue weighted by atomic mass is 10.1. The fraction of sp³-hybridized carbons (Fsp3) is 0.533. The smallest absolute Gasteiger partial charge is 0.227 e. The molecule has 1 saturated heterocycles. The first kappa shape index (κ1) is 14.5. The maximum Gasteiger partial charge on any atom is 0.227 e. The predicted molar refractivity (Wildman–Crippen MR) is 78.9 cm³/mol. The maximum atomic E-state index is 12.3. The van der Waals surface area contributed by atoms with Gasteiger partial charge in [0, 0.05) is 23.7 Å². The van der Waals surface area contributed by atoms with Crippen molar-refractivity contribution in [2.45, 2.75) is 38.1 Å². The highest BCUT2D eigenvalue weighted by Crippen LogP contribution is 2.22. The number of hydrogen-bond acceptors (Lipinski definition) is 2. The summed E-state index contributed by atoms with van der Waals surface area (Å²) in [5.74, 6) is 0.207. The van der Waals surface area contributed by atoms with Crippen molar-refractivity contribution in [3.8, 4) is 0 Å². The Hall–Kier alpha value is -0.870. The van der Waals surface area contributed by atoms with Crippen molar-refractivity contribution in [3.63, 3.8) is 0 Å². The van der Waals surface area contributed by atoms with Crippen molar-refractivity contribution in [1.82, 2.24) is 4.90 Å². The molecule has 0 aliphatic carbocycles. The highest BCUT2D eigenvalue weighted by atomic mass is 79.9. The molecule has 0 radical (unpaired) electrons. The van der Waals surface area contributed by atoms with E-state index in [4.69, 9.17) is 5.11 Å². The van der Waals surface area contributed by atoms with E-state index < -0.39 is 0 Å². The largest absolute Gasteiger partial charge is 0.396 e. The fourth-order valence-electron chi connectivity index (χ4n) is 2.71. The van der Waals surface area contributed by atoms with Gasteiger partial charge in [-0.1, -0.05) is 28.1 Å². The van der Waals surface area contributed by atoms with Crippen LogP contribution in [-0.2, 0) is 11.2 Å². The highest BCUT2D eigenvalue weighted by Gasteiger charge is 2.27. The molecule has 0 aromatic heterocycles. The van der Waals surface area contributed by atoms with Crippen LogP contribution in [0.25, 0.3) is 0 Å². The normalized spacial score (nSPS) is 18.8. The number of aliphatic hydroxyl groups is 1. The quantitative estimate of drug-likeness (QED) is 0.904. The van der Waals surface area contributed by atoms with Crippen LogP contribution >= 0.6 is 15.9 Å². The number of nitrogens with zero attached hydrogens (tertiary/aromatic N) is 1. The Kier molecular flexibility index (Phi) is 5.40. The van der Waals surface area contributed by atoms with Gasteiger partial charge in [-0.25, -0.2) is 0 Å². The Labute approximate surface area is 122 Å². The van der Waals surface area contributed by atoms with Crippen LogP contribution in [0.5, 0.6) is 0 Å². The number of amides is 1. The van der Waals surface area contributed by atoms with Gasteiger partial charge in [0.2, 0.25) is 5.91 Å². The molecular formula is C15H20BrNO2. The van der Waals surface area contributed by atoms with E-state index in [0.29, 0.717) is 12.5 Å². The van der Waals surface area contributed by atoms with E-state index in [2.05, 4.69) is 15.9 Å². The molecule has 19 heavy (non-hydrogen) atoms. The van der Waals surface area contributed by atoms with Crippen LogP contribution in [0.2, 0.25) is 0 Å². The Morgan fingerprint density at radius 1 is 1.47 bits per heavy atom. The van der Waals surface area contributed by atoms with Crippen LogP contribution in [0.1, 0.15) is 31.2 Å². The zero-order valence-electron chi connectivity index (χ0n) is 11.0. The summed E-state index contributed by atoms with van der Waals surface area (Å²) in [6.45, 7) is 1.08. The lowest BCUT2D eigenvalue weighted by Crippen LogP contribution is -2.36. The molecule has 1 aliphatic rings. The third-order valence-corrected chi connectivity index (χ3v) is 4.13. The molecule has 1 amide bonds. The molecule has 0 spiro atoms. The van der Waals surface area contributed by atoms with Gasteiger partial charge in [-0.3, -0.25) is 4.79 Å². The number of carbonyl (C=O) groups excluding carboxylic acids is 1. The summed E-state index contributed by atoms with van der Waals surface area (Å²) >= 11 is 3.43. The lowest BCUT2D eigenvalue weighted by Gasteiger charge is -2.24. The first-order valence-corrected chi connectivity index (χ1v) is 7.65. The summed E-state index contributed by atoms with van der Waals surface area (Å²) in [6.07, 6.45) is 4.33. The van der Waals surface area contributed by atoms with E-state index in [-0.39, 0.29) is 12.5 Å². The standard InChI is InChI=1S/C15H20BrNO2/c16-13-5-1-4-12(10-13)11-15(19)17-8-2-6-14(17)7-3-9-18/h1,4-5,10,14,18H,2-3,6-9,11H2. The molecule has 2 rings (SSSR count). The molecule has 0 saturated carbocycles. The lowest BCUT2D eigenvalue weighted by molar-refractivity contribution is -0.131. The number of carbonyl (C=O) groups is 1. The second-order valence-electron chi connectivity index (χ2n) is 5.06. The molecule has 1 aromatic carbocycles. The van der Waals surface area contributed by atoms with Gasteiger partial charge >= 0.3 is 0 Å². The average Bonchev–Trinajstić information content (AvgIpc) is 2.84. The summed E-state index contributed by atoms with van der Waals surface area (Å²) in [4.78, 5) is 14.3. The van der Waals surface area contributed by atoms with Crippen molar-refractivity contribution in [3.05, 3.63) is 34.3 Å². The Balaban J connectivity index is 1.95. The number of halogens is 1. The molecule has 1 N–H and O–H groups in total. The van der Waals surface area contributed by atoms with Crippen molar-refractivity contribution in [2.24, 2.45) is 0 Å². The topological polar surface area (TPSA) is 40.5 Å². The summed E-state index contributed by atoms with van der Waals surface area (Å²) in [7, 11) is 0. The predicted octanol–water partition coefficient (Wildman–Crippen LogP) is 2.76. The van der Waals surface area contributed by atoms with Gasteiger partial charge in [-0.15, -0.1) is 0 Å². The Morgan fingerprint density at radius 3 is 3.05 bits per heavy atom. The van der Waals surface area contributed by atoms with Gasteiger partial charge in [0.05, 0.1) is 6.42 Å². The summed E-state index contributed by atoms with van der Waals surface area (Å²) in [5, 5.41) is 8.91. The summed E-state index contributed by atoms with van der Waals surface area (Å²) in [6, 6.07) is 8.23. The number of benzene rings is 1. The average molecular weight is 326 g/mol.